The van der Waals surface area contributed by atoms with Gasteiger partial charge < -0.3 is 5.32 Å². The van der Waals surface area contributed by atoms with Crippen molar-refractivity contribution in [1.29, 1.82) is 0 Å². The van der Waals surface area contributed by atoms with Gasteiger partial charge >= 0.3 is 0 Å². The van der Waals surface area contributed by atoms with E-state index in [0.717, 1.165) is 18.7 Å². The second-order valence-electron chi connectivity index (χ2n) is 6.77. The molecule has 128 valence electrons. The Morgan fingerprint density at radius 3 is 2.39 bits per heavy atom. The maximum absolute atomic E-state index is 11.6. The van der Waals surface area contributed by atoms with Crippen molar-refractivity contribution in [2.75, 3.05) is 19.3 Å². The Balaban J connectivity index is 1.61. The molecule has 5 nitrogen and oxygen atoms in total. The third kappa shape index (κ3) is 4.53. The van der Waals surface area contributed by atoms with Gasteiger partial charge in [0.1, 0.15) is 0 Å². The largest absolute Gasteiger partial charge is 0.312 e. The zero-order valence-corrected chi connectivity index (χ0v) is 14.5. The zero-order chi connectivity index (χ0) is 16.3. The van der Waals surface area contributed by atoms with Crippen LogP contribution in [0.25, 0.3) is 0 Å². The minimum Gasteiger partial charge on any atom is -0.312 e. The molecular weight excluding hydrogens is 310 g/mol. The average Bonchev–Trinajstić information content (AvgIpc) is 2.55. The lowest BCUT2D eigenvalue weighted by Crippen LogP contribution is -2.59. The molecule has 1 saturated heterocycles. The van der Waals surface area contributed by atoms with E-state index < -0.39 is 9.84 Å². The highest BCUT2D eigenvalue weighted by molar-refractivity contribution is 7.90. The first-order chi connectivity index (χ1) is 11.0. The summed E-state index contributed by atoms with van der Waals surface area (Å²) in [5, 5.41) is 10.9. The van der Waals surface area contributed by atoms with Crippen LogP contribution in [0.2, 0.25) is 0 Å². The van der Waals surface area contributed by atoms with Crippen LogP contribution in [0.5, 0.6) is 0 Å². The number of sulfone groups is 1. The highest BCUT2D eigenvalue weighted by Crippen LogP contribution is 2.20. The summed E-state index contributed by atoms with van der Waals surface area (Å²) in [4.78, 5) is 0.377. The van der Waals surface area contributed by atoms with Gasteiger partial charge in [0.05, 0.1) is 11.1 Å². The van der Waals surface area contributed by atoms with Crippen LogP contribution in [0.15, 0.2) is 29.2 Å². The standard InChI is InChI=1S/C17H27N3O2S/c1-23(21,22)15-9-7-13(8-10-15)16-11-18-12-17(20-16)19-14-5-3-2-4-6-14/h7-10,14,16-20H,2-6,11-12H2,1H3. The maximum atomic E-state index is 11.6. The molecule has 0 bridgehead atoms. The number of hydrogen-bond donors (Lipinski definition) is 3. The summed E-state index contributed by atoms with van der Waals surface area (Å²) in [6.45, 7) is 1.79. The Labute approximate surface area is 139 Å². The summed E-state index contributed by atoms with van der Waals surface area (Å²) in [7, 11) is -3.13. The van der Waals surface area contributed by atoms with Gasteiger partial charge in [-0.3, -0.25) is 10.6 Å². The van der Waals surface area contributed by atoms with E-state index in [9.17, 15) is 8.42 Å². The fraction of sp³-hybridized carbons (Fsp3) is 0.647. The Bertz CT molecular complexity index is 609. The molecule has 2 aliphatic rings. The molecule has 6 heteroatoms. The number of nitrogens with one attached hydrogen (secondary N) is 3. The SMILES string of the molecule is CS(=O)(=O)c1ccc(C2CNCC(NC3CCCCC3)N2)cc1. The molecule has 2 atom stereocenters. The van der Waals surface area contributed by atoms with Crippen LogP contribution >= 0.6 is 0 Å². The van der Waals surface area contributed by atoms with Gasteiger partial charge in [-0.25, -0.2) is 8.42 Å². The normalized spacial score (nSPS) is 27.0. The van der Waals surface area contributed by atoms with Gasteiger partial charge in [0, 0.05) is 31.4 Å². The van der Waals surface area contributed by atoms with E-state index >= 15 is 0 Å². The third-order valence-corrected chi connectivity index (χ3v) is 5.98. The third-order valence-electron chi connectivity index (χ3n) is 4.85. The van der Waals surface area contributed by atoms with Crippen molar-refractivity contribution < 1.29 is 8.42 Å². The smallest absolute Gasteiger partial charge is 0.175 e. The molecule has 1 aromatic rings. The Morgan fingerprint density at radius 2 is 1.74 bits per heavy atom. The van der Waals surface area contributed by atoms with E-state index in [2.05, 4.69) is 16.0 Å². The van der Waals surface area contributed by atoms with E-state index in [0.29, 0.717) is 10.9 Å². The molecule has 0 spiro atoms. The van der Waals surface area contributed by atoms with Crippen molar-refractivity contribution in [3.8, 4) is 0 Å². The summed E-state index contributed by atoms with van der Waals surface area (Å²) < 4.78 is 23.1. The molecule has 2 unspecified atom stereocenters. The second-order valence-corrected chi connectivity index (χ2v) is 8.79. The first-order valence-electron chi connectivity index (χ1n) is 8.55. The van der Waals surface area contributed by atoms with Crippen LogP contribution in [0.3, 0.4) is 0 Å². The predicted molar refractivity (Wildman–Crippen MR) is 92.1 cm³/mol. The van der Waals surface area contributed by atoms with Gasteiger partial charge in [0.2, 0.25) is 0 Å². The summed E-state index contributed by atoms with van der Waals surface area (Å²) in [5.74, 6) is 0. The van der Waals surface area contributed by atoms with Crippen LogP contribution < -0.4 is 16.0 Å². The molecule has 23 heavy (non-hydrogen) atoms. The van der Waals surface area contributed by atoms with Gasteiger partial charge in [-0.1, -0.05) is 31.4 Å². The van der Waals surface area contributed by atoms with Gasteiger partial charge in [0.25, 0.3) is 0 Å². The van der Waals surface area contributed by atoms with Crippen molar-refractivity contribution in [2.45, 2.75) is 55.2 Å². The first-order valence-corrected chi connectivity index (χ1v) is 10.4. The molecule has 0 radical (unpaired) electrons. The monoisotopic (exact) mass is 337 g/mol. The van der Waals surface area contributed by atoms with Gasteiger partial charge in [-0.05, 0) is 30.5 Å². The first kappa shape index (κ1) is 16.9. The van der Waals surface area contributed by atoms with Gasteiger partial charge in [-0.15, -0.1) is 0 Å². The summed E-state index contributed by atoms with van der Waals surface area (Å²) in [6.07, 6.45) is 8.07. The fourth-order valence-electron chi connectivity index (χ4n) is 3.55. The fourth-order valence-corrected chi connectivity index (χ4v) is 4.19. The van der Waals surface area contributed by atoms with Crippen LogP contribution in [0.4, 0.5) is 0 Å². The van der Waals surface area contributed by atoms with Crippen LogP contribution in [-0.4, -0.2) is 40.0 Å². The molecule has 1 aromatic carbocycles. The second kappa shape index (κ2) is 7.30. The molecule has 1 aliphatic heterocycles. The lowest BCUT2D eigenvalue weighted by Gasteiger charge is -2.36. The van der Waals surface area contributed by atoms with E-state index in [1.54, 1.807) is 12.1 Å². The Hall–Kier alpha value is -0.950. The minimum atomic E-state index is -3.13. The van der Waals surface area contributed by atoms with Gasteiger partial charge in [-0.2, -0.15) is 0 Å². The minimum absolute atomic E-state index is 0.207. The van der Waals surface area contributed by atoms with Crippen molar-refractivity contribution in [2.24, 2.45) is 0 Å². The van der Waals surface area contributed by atoms with Crippen molar-refractivity contribution >= 4 is 9.84 Å². The predicted octanol–water partition coefficient (Wildman–Crippen LogP) is 1.57. The van der Waals surface area contributed by atoms with E-state index in [4.69, 9.17) is 0 Å². The summed E-state index contributed by atoms with van der Waals surface area (Å²) in [5.41, 5.74) is 1.13. The molecule has 1 aliphatic carbocycles. The lowest BCUT2D eigenvalue weighted by atomic mass is 9.95. The molecule has 1 saturated carbocycles. The van der Waals surface area contributed by atoms with E-state index in [1.807, 2.05) is 12.1 Å². The van der Waals surface area contributed by atoms with Crippen molar-refractivity contribution in [1.82, 2.24) is 16.0 Å². The molecule has 0 amide bonds. The van der Waals surface area contributed by atoms with Crippen LogP contribution in [-0.2, 0) is 9.84 Å². The lowest BCUT2D eigenvalue weighted by molar-refractivity contribution is 0.251. The molecule has 1 heterocycles. The topological polar surface area (TPSA) is 70.2 Å². The number of piperazine rings is 1. The molecule has 2 fully saturated rings. The van der Waals surface area contributed by atoms with Crippen molar-refractivity contribution in [3.05, 3.63) is 29.8 Å². The highest BCUT2D eigenvalue weighted by atomic mass is 32.2. The quantitative estimate of drug-likeness (QED) is 0.778. The van der Waals surface area contributed by atoms with Crippen LogP contribution in [0, 0.1) is 0 Å². The highest BCUT2D eigenvalue weighted by Gasteiger charge is 2.24. The average molecular weight is 337 g/mol. The number of rotatable bonds is 4. The Kier molecular flexibility index (Phi) is 5.36. The van der Waals surface area contributed by atoms with Crippen LogP contribution in [0.1, 0.15) is 43.7 Å². The maximum Gasteiger partial charge on any atom is 0.175 e. The number of benzene rings is 1. The molecule has 3 rings (SSSR count). The van der Waals surface area contributed by atoms with Gasteiger partial charge in [0.15, 0.2) is 9.84 Å². The summed E-state index contributed by atoms with van der Waals surface area (Å²) in [6, 6.07) is 8.06. The molecule has 3 N–H and O–H groups in total. The Morgan fingerprint density at radius 1 is 1.04 bits per heavy atom. The van der Waals surface area contributed by atoms with Crippen molar-refractivity contribution in [3.63, 3.8) is 0 Å². The number of hydrogen-bond acceptors (Lipinski definition) is 5. The molecular formula is C17H27N3O2S. The zero-order valence-electron chi connectivity index (χ0n) is 13.7. The van der Waals surface area contributed by atoms with E-state index in [-0.39, 0.29) is 12.2 Å². The molecule has 0 aromatic heterocycles. The van der Waals surface area contributed by atoms with E-state index in [1.165, 1.54) is 38.4 Å². The summed E-state index contributed by atoms with van der Waals surface area (Å²) >= 11 is 0.